The number of likely N-dealkylation sites (tertiary alicyclic amines) is 1. The Balaban J connectivity index is 1.79. The fourth-order valence-corrected chi connectivity index (χ4v) is 4.49. The SMILES string of the molecule is CC(C)Oc1ccc(/C(O)=C2/C(=O)C(=O)N(C3CCCC3)C2c2ccccc2)cc1. The van der Waals surface area contributed by atoms with E-state index in [1.807, 2.05) is 44.2 Å². The van der Waals surface area contributed by atoms with Gasteiger partial charge in [-0.1, -0.05) is 43.2 Å². The maximum atomic E-state index is 13.0. The molecule has 4 rings (SSSR count). The molecule has 0 spiro atoms. The average Bonchev–Trinajstić information content (AvgIpc) is 3.35. The third-order valence-corrected chi connectivity index (χ3v) is 5.81. The number of aliphatic hydroxyl groups is 1. The number of carbonyl (C=O) groups excluding carboxylic acids is 2. The number of Topliss-reactive ketones (excluding diaryl/α,β-unsaturated/α-hetero) is 1. The van der Waals surface area contributed by atoms with Gasteiger partial charge in [0.1, 0.15) is 11.5 Å². The summed E-state index contributed by atoms with van der Waals surface area (Å²) in [5.41, 5.74) is 1.50. The zero-order chi connectivity index (χ0) is 21.3. The minimum absolute atomic E-state index is 0.0266. The van der Waals surface area contributed by atoms with Crippen LogP contribution in [0.4, 0.5) is 0 Å². The van der Waals surface area contributed by atoms with E-state index >= 15 is 0 Å². The molecule has 5 nitrogen and oxygen atoms in total. The number of ketones is 1. The van der Waals surface area contributed by atoms with Crippen molar-refractivity contribution >= 4 is 17.4 Å². The molecular formula is C25H27NO4. The average molecular weight is 405 g/mol. The van der Waals surface area contributed by atoms with Crippen molar-refractivity contribution in [1.29, 1.82) is 0 Å². The van der Waals surface area contributed by atoms with Gasteiger partial charge in [-0.05, 0) is 56.5 Å². The molecule has 1 atom stereocenters. The number of ether oxygens (including phenoxy) is 1. The first-order valence-corrected chi connectivity index (χ1v) is 10.6. The van der Waals surface area contributed by atoms with Gasteiger partial charge >= 0.3 is 0 Å². The number of rotatable bonds is 5. The number of hydrogen-bond acceptors (Lipinski definition) is 4. The zero-order valence-corrected chi connectivity index (χ0v) is 17.4. The summed E-state index contributed by atoms with van der Waals surface area (Å²) in [5.74, 6) is -0.584. The van der Waals surface area contributed by atoms with E-state index in [9.17, 15) is 14.7 Å². The number of benzene rings is 2. The largest absolute Gasteiger partial charge is 0.507 e. The molecule has 1 saturated heterocycles. The van der Waals surface area contributed by atoms with Crippen LogP contribution in [0.5, 0.6) is 5.75 Å². The monoisotopic (exact) mass is 405 g/mol. The van der Waals surface area contributed by atoms with Crippen LogP contribution in [0.1, 0.15) is 56.7 Å². The summed E-state index contributed by atoms with van der Waals surface area (Å²) >= 11 is 0. The molecule has 2 aromatic rings. The van der Waals surface area contributed by atoms with E-state index in [0.29, 0.717) is 11.3 Å². The summed E-state index contributed by atoms with van der Waals surface area (Å²) in [7, 11) is 0. The molecule has 1 unspecified atom stereocenters. The van der Waals surface area contributed by atoms with Gasteiger partial charge in [-0.15, -0.1) is 0 Å². The molecule has 1 heterocycles. The summed E-state index contributed by atoms with van der Waals surface area (Å²) in [5, 5.41) is 11.1. The van der Waals surface area contributed by atoms with Crippen LogP contribution < -0.4 is 4.74 Å². The normalized spacial score (nSPS) is 21.6. The highest BCUT2D eigenvalue weighted by Gasteiger charge is 2.49. The number of nitrogens with zero attached hydrogens (tertiary/aromatic N) is 1. The fourth-order valence-electron chi connectivity index (χ4n) is 4.49. The Labute approximate surface area is 177 Å². The quantitative estimate of drug-likeness (QED) is 0.439. The van der Waals surface area contributed by atoms with Crippen molar-refractivity contribution in [2.75, 3.05) is 0 Å². The molecule has 30 heavy (non-hydrogen) atoms. The fraction of sp³-hybridized carbons (Fsp3) is 0.360. The van der Waals surface area contributed by atoms with Gasteiger partial charge in [0.2, 0.25) is 0 Å². The second-order valence-electron chi connectivity index (χ2n) is 8.25. The highest BCUT2D eigenvalue weighted by Crippen LogP contribution is 2.43. The van der Waals surface area contributed by atoms with Gasteiger partial charge in [0.25, 0.3) is 11.7 Å². The van der Waals surface area contributed by atoms with Gasteiger partial charge in [-0.2, -0.15) is 0 Å². The number of carbonyl (C=O) groups is 2. The molecule has 0 radical (unpaired) electrons. The molecule has 2 aromatic carbocycles. The lowest BCUT2D eigenvalue weighted by Crippen LogP contribution is -2.37. The van der Waals surface area contributed by atoms with Crippen LogP contribution in [0.25, 0.3) is 5.76 Å². The zero-order valence-electron chi connectivity index (χ0n) is 17.4. The van der Waals surface area contributed by atoms with Crippen molar-refractivity contribution in [3.05, 3.63) is 71.3 Å². The van der Waals surface area contributed by atoms with E-state index in [1.165, 1.54) is 0 Å². The van der Waals surface area contributed by atoms with Gasteiger partial charge < -0.3 is 14.7 Å². The van der Waals surface area contributed by atoms with Crippen LogP contribution >= 0.6 is 0 Å². The van der Waals surface area contributed by atoms with Crippen molar-refractivity contribution < 1.29 is 19.4 Å². The summed E-state index contributed by atoms with van der Waals surface area (Å²) in [4.78, 5) is 27.8. The van der Waals surface area contributed by atoms with Crippen LogP contribution in [0.15, 0.2) is 60.2 Å². The topological polar surface area (TPSA) is 66.8 Å². The Morgan fingerprint density at radius 1 is 1.00 bits per heavy atom. The molecule has 2 aliphatic rings. The van der Waals surface area contributed by atoms with Gasteiger partial charge in [-0.25, -0.2) is 0 Å². The molecule has 5 heteroatoms. The first kappa shape index (κ1) is 20.2. The Morgan fingerprint density at radius 3 is 2.23 bits per heavy atom. The predicted molar refractivity (Wildman–Crippen MR) is 115 cm³/mol. The van der Waals surface area contributed by atoms with Crippen LogP contribution in [0.3, 0.4) is 0 Å². The molecule has 1 aliphatic heterocycles. The Bertz CT molecular complexity index is 956. The van der Waals surface area contributed by atoms with Crippen molar-refractivity contribution in [2.24, 2.45) is 0 Å². The number of aliphatic hydroxyl groups excluding tert-OH is 1. The summed E-state index contributed by atoms with van der Waals surface area (Å²) in [6.07, 6.45) is 3.91. The number of hydrogen-bond donors (Lipinski definition) is 1. The Hall–Kier alpha value is -3.08. The van der Waals surface area contributed by atoms with Crippen molar-refractivity contribution in [3.63, 3.8) is 0 Å². The number of amides is 1. The summed E-state index contributed by atoms with van der Waals surface area (Å²) in [6, 6.07) is 15.9. The Kier molecular flexibility index (Phi) is 5.62. The highest BCUT2D eigenvalue weighted by molar-refractivity contribution is 6.46. The minimum Gasteiger partial charge on any atom is -0.507 e. The molecule has 156 valence electrons. The van der Waals surface area contributed by atoms with E-state index in [2.05, 4.69) is 0 Å². The van der Waals surface area contributed by atoms with E-state index in [-0.39, 0.29) is 23.5 Å². The smallest absolute Gasteiger partial charge is 0.295 e. The maximum Gasteiger partial charge on any atom is 0.295 e. The third-order valence-electron chi connectivity index (χ3n) is 5.81. The van der Waals surface area contributed by atoms with Gasteiger partial charge in [0.05, 0.1) is 17.7 Å². The lowest BCUT2D eigenvalue weighted by Gasteiger charge is -2.30. The second-order valence-corrected chi connectivity index (χ2v) is 8.25. The van der Waals surface area contributed by atoms with Gasteiger partial charge in [-0.3, -0.25) is 9.59 Å². The molecule has 1 amide bonds. The van der Waals surface area contributed by atoms with Crippen molar-refractivity contribution in [1.82, 2.24) is 4.90 Å². The van der Waals surface area contributed by atoms with Crippen LogP contribution in [0.2, 0.25) is 0 Å². The highest BCUT2D eigenvalue weighted by atomic mass is 16.5. The van der Waals surface area contributed by atoms with Gasteiger partial charge in [0, 0.05) is 11.6 Å². The van der Waals surface area contributed by atoms with E-state index in [4.69, 9.17) is 4.74 Å². The molecule has 2 fully saturated rings. The Morgan fingerprint density at radius 2 is 1.63 bits per heavy atom. The minimum atomic E-state index is -0.615. The molecule has 1 saturated carbocycles. The standard InChI is InChI=1S/C25H27NO4/c1-16(2)30-20-14-12-18(13-15-20)23(27)21-22(17-8-4-3-5-9-17)26(25(29)24(21)28)19-10-6-7-11-19/h3-5,8-9,12-16,19,22,27H,6-7,10-11H2,1-2H3/b23-21-. The lowest BCUT2D eigenvalue weighted by molar-refractivity contribution is -0.141. The molecule has 1 N–H and O–H groups in total. The van der Waals surface area contributed by atoms with E-state index in [0.717, 1.165) is 31.2 Å². The lowest BCUT2D eigenvalue weighted by atomic mass is 9.94. The van der Waals surface area contributed by atoms with Crippen LogP contribution in [0, 0.1) is 0 Å². The van der Waals surface area contributed by atoms with Crippen molar-refractivity contribution in [2.45, 2.75) is 57.7 Å². The van der Waals surface area contributed by atoms with Crippen molar-refractivity contribution in [3.8, 4) is 5.75 Å². The molecule has 1 aliphatic carbocycles. The van der Waals surface area contributed by atoms with Crippen LogP contribution in [-0.2, 0) is 9.59 Å². The van der Waals surface area contributed by atoms with Gasteiger partial charge in [0.15, 0.2) is 0 Å². The first-order valence-electron chi connectivity index (χ1n) is 10.6. The molecule has 0 bridgehead atoms. The summed E-state index contributed by atoms with van der Waals surface area (Å²) < 4.78 is 5.66. The van der Waals surface area contributed by atoms with E-state index < -0.39 is 17.7 Å². The molecular weight excluding hydrogens is 378 g/mol. The summed E-state index contributed by atoms with van der Waals surface area (Å²) in [6.45, 7) is 3.89. The predicted octanol–water partition coefficient (Wildman–Crippen LogP) is 4.84. The maximum absolute atomic E-state index is 13.0. The third kappa shape index (κ3) is 3.72. The van der Waals surface area contributed by atoms with E-state index in [1.54, 1.807) is 29.2 Å². The molecule has 0 aromatic heterocycles. The van der Waals surface area contributed by atoms with Crippen LogP contribution in [-0.4, -0.2) is 33.8 Å². The second kappa shape index (κ2) is 8.34. The first-order chi connectivity index (χ1) is 14.5.